The van der Waals surface area contributed by atoms with Gasteiger partial charge in [0.25, 0.3) is 7.82 Å². The Morgan fingerprint density at radius 2 is 0.657 bits per heavy atom. The van der Waals surface area contributed by atoms with Gasteiger partial charge in [0.05, 0.1) is 34.4 Å². The summed E-state index contributed by atoms with van der Waals surface area (Å²) in [6, 6.07) is 0. The maximum atomic E-state index is 12.8. The number of hydrogen-bond acceptors (Lipinski definition) is 7. The lowest BCUT2D eigenvalue weighted by Crippen LogP contribution is -2.37. The fourth-order valence-electron chi connectivity index (χ4n) is 9.61. The topological polar surface area (TPSA) is 94.1 Å². The molecule has 0 bridgehead atoms. The highest BCUT2D eigenvalue weighted by molar-refractivity contribution is 7.45. The molecule has 0 saturated heterocycles. The molecule has 0 aliphatic carbocycles. The average molecular weight is 1010 g/mol. The van der Waals surface area contributed by atoms with E-state index in [2.05, 4.69) is 13.8 Å². The molecular weight excluding hydrogens is 890 g/mol. The molecule has 2 unspecified atom stereocenters. The quantitative estimate of drug-likeness (QED) is 0.0259. The monoisotopic (exact) mass is 1010 g/mol. The molecule has 9 heteroatoms. The Labute approximate surface area is 438 Å². The summed E-state index contributed by atoms with van der Waals surface area (Å²) in [5.74, 6) is -0.322. The fourth-order valence-corrected chi connectivity index (χ4v) is 10.3. The Hall–Kier alpha value is -0.500. The second-order valence-electron chi connectivity index (χ2n) is 22.8. The number of esters is 1. The third-order valence-corrected chi connectivity index (χ3v) is 15.4. The van der Waals surface area contributed by atoms with Crippen LogP contribution in [0.1, 0.15) is 328 Å². The van der Waals surface area contributed by atoms with Crippen molar-refractivity contribution in [1.82, 2.24) is 0 Å². The zero-order chi connectivity index (χ0) is 51.2. The van der Waals surface area contributed by atoms with Crippen molar-refractivity contribution in [2.75, 3.05) is 54.1 Å². The van der Waals surface area contributed by atoms with Gasteiger partial charge in [-0.2, -0.15) is 0 Å². The molecule has 420 valence electrons. The number of likely N-dealkylation sites (N-methyl/N-ethyl adjacent to an activating group) is 1. The second kappa shape index (κ2) is 54.8. The predicted molar refractivity (Wildman–Crippen MR) is 301 cm³/mol. The van der Waals surface area contributed by atoms with Crippen molar-refractivity contribution >= 4 is 13.8 Å². The molecule has 2 atom stereocenters. The SMILES string of the molecule is CCCCCCCCCCCCCCCCCCCCCCCCCCCCOCC(COP(=O)([O-])OCC[N+](C)(C)C)OC(=O)CCCCCCCCCCCCCCCCCCCCCCCC. The van der Waals surface area contributed by atoms with E-state index in [1.165, 1.54) is 276 Å². The second-order valence-corrected chi connectivity index (χ2v) is 24.2. The minimum absolute atomic E-state index is 0.0321. The first kappa shape index (κ1) is 69.5. The number of ether oxygens (including phenoxy) is 2. The number of nitrogens with zero attached hydrogens (tertiary/aromatic N) is 1. The van der Waals surface area contributed by atoms with E-state index in [0.717, 1.165) is 32.1 Å². The van der Waals surface area contributed by atoms with Crippen LogP contribution in [0.4, 0.5) is 0 Å². The van der Waals surface area contributed by atoms with Crippen LogP contribution >= 0.6 is 7.82 Å². The number of phosphoric ester groups is 1. The molecule has 0 saturated carbocycles. The number of hydrogen-bond donors (Lipinski definition) is 0. The zero-order valence-corrected chi connectivity index (χ0v) is 48.9. The third kappa shape index (κ3) is 58.4. The lowest BCUT2D eigenvalue weighted by molar-refractivity contribution is -0.870. The maximum Gasteiger partial charge on any atom is 0.306 e. The molecule has 0 aromatic heterocycles. The molecule has 0 rings (SSSR count). The molecule has 0 amide bonds. The predicted octanol–water partition coefficient (Wildman–Crippen LogP) is 19.3. The smallest absolute Gasteiger partial charge is 0.306 e. The van der Waals surface area contributed by atoms with Crippen LogP contribution in [-0.4, -0.2) is 70.7 Å². The number of phosphoric acid groups is 1. The fraction of sp³-hybridized carbons (Fsp3) is 0.984. The van der Waals surface area contributed by atoms with Gasteiger partial charge in [-0.15, -0.1) is 0 Å². The Kier molecular flexibility index (Phi) is 54.4. The minimum atomic E-state index is -4.53. The Morgan fingerprint density at radius 3 is 0.943 bits per heavy atom. The van der Waals surface area contributed by atoms with Crippen LogP contribution in [0.3, 0.4) is 0 Å². The summed E-state index contributed by atoms with van der Waals surface area (Å²) in [5.41, 5.74) is 0. The first-order valence-corrected chi connectivity index (χ1v) is 32.7. The van der Waals surface area contributed by atoms with Crippen LogP contribution in [0.5, 0.6) is 0 Å². The van der Waals surface area contributed by atoms with Gasteiger partial charge in [0.2, 0.25) is 0 Å². The molecule has 70 heavy (non-hydrogen) atoms. The molecule has 0 N–H and O–H groups in total. The van der Waals surface area contributed by atoms with E-state index in [-0.39, 0.29) is 25.8 Å². The van der Waals surface area contributed by atoms with Gasteiger partial charge < -0.3 is 27.9 Å². The molecule has 0 fully saturated rings. The maximum absolute atomic E-state index is 12.8. The number of carbonyl (C=O) groups excluding carboxylic acids is 1. The summed E-state index contributed by atoms with van der Waals surface area (Å²) in [6.45, 7) is 5.52. The molecule has 0 radical (unpaired) electrons. The van der Waals surface area contributed by atoms with Crippen molar-refractivity contribution in [3.8, 4) is 0 Å². The van der Waals surface area contributed by atoms with Gasteiger partial charge in [0.1, 0.15) is 19.3 Å². The van der Waals surface area contributed by atoms with Crippen LogP contribution in [0.2, 0.25) is 0 Å². The number of carbonyl (C=O) groups is 1. The largest absolute Gasteiger partial charge is 0.756 e. The molecule has 8 nitrogen and oxygen atoms in total. The minimum Gasteiger partial charge on any atom is -0.756 e. The van der Waals surface area contributed by atoms with E-state index in [9.17, 15) is 14.3 Å². The summed E-state index contributed by atoms with van der Waals surface area (Å²) < 4.78 is 34.9. The summed E-state index contributed by atoms with van der Waals surface area (Å²) >= 11 is 0. The van der Waals surface area contributed by atoms with Crippen molar-refractivity contribution in [2.45, 2.75) is 335 Å². The van der Waals surface area contributed by atoms with E-state index < -0.39 is 13.9 Å². The molecule has 0 aromatic carbocycles. The molecular formula is C61H124NO7P. The Morgan fingerprint density at radius 1 is 0.386 bits per heavy atom. The van der Waals surface area contributed by atoms with Crippen molar-refractivity contribution in [3.05, 3.63) is 0 Å². The lowest BCUT2D eigenvalue weighted by Gasteiger charge is -2.28. The summed E-state index contributed by atoms with van der Waals surface area (Å²) in [7, 11) is 1.39. The van der Waals surface area contributed by atoms with Gasteiger partial charge in [-0.25, -0.2) is 0 Å². The Balaban J connectivity index is 3.95. The van der Waals surface area contributed by atoms with Gasteiger partial charge >= 0.3 is 5.97 Å². The van der Waals surface area contributed by atoms with Crippen LogP contribution in [0.15, 0.2) is 0 Å². The third-order valence-electron chi connectivity index (χ3n) is 14.4. The summed E-state index contributed by atoms with van der Waals surface area (Å²) in [6.07, 6.45) is 64.5. The van der Waals surface area contributed by atoms with E-state index >= 15 is 0 Å². The van der Waals surface area contributed by atoms with Gasteiger partial charge in [-0.3, -0.25) is 9.36 Å². The van der Waals surface area contributed by atoms with Crippen molar-refractivity contribution in [2.24, 2.45) is 0 Å². The van der Waals surface area contributed by atoms with Crippen LogP contribution in [0.25, 0.3) is 0 Å². The van der Waals surface area contributed by atoms with E-state index in [4.69, 9.17) is 18.5 Å². The Bertz CT molecular complexity index is 1090. The van der Waals surface area contributed by atoms with Crippen molar-refractivity contribution in [3.63, 3.8) is 0 Å². The number of quaternary nitrogens is 1. The molecule has 0 spiro atoms. The lowest BCUT2D eigenvalue weighted by atomic mass is 10.0. The summed E-state index contributed by atoms with van der Waals surface area (Å²) in [4.78, 5) is 25.3. The number of rotatable bonds is 60. The first-order chi connectivity index (χ1) is 34.1. The van der Waals surface area contributed by atoms with Gasteiger partial charge in [-0.05, 0) is 12.8 Å². The van der Waals surface area contributed by atoms with Gasteiger partial charge in [0, 0.05) is 13.0 Å². The standard InChI is InChI=1S/C61H124NO7P/c1-6-8-10-12-14-16-18-20-22-24-26-28-30-31-32-33-35-37-39-41-43-45-47-49-51-53-56-66-58-60(59-68-70(64,65)67-57-55-62(3,4)5)69-61(63)54-52-50-48-46-44-42-40-38-36-34-29-27-25-23-21-19-17-15-13-11-9-7-2/h60H,6-59H2,1-5H3. The zero-order valence-electron chi connectivity index (χ0n) is 48.0. The van der Waals surface area contributed by atoms with Gasteiger partial charge in [-0.1, -0.05) is 309 Å². The van der Waals surface area contributed by atoms with E-state index in [1.807, 2.05) is 21.1 Å². The highest BCUT2D eigenvalue weighted by Crippen LogP contribution is 2.38. The van der Waals surface area contributed by atoms with Crippen LogP contribution in [-0.2, 0) is 27.9 Å². The van der Waals surface area contributed by atoms with Crippen molar-refractivity contribution < 1.29 is 37.3 Å². The summed E-state index contributed by atoms with van der Waals surface area (Å²) in [5, 5.41) is 0. The molecule has 0 aliphatic rings. The average Bonchev–Trinajstić information content (AvgIpc) is 3.32. The van der Waals surface area contributed by atoms with Gasteiger partial charge in [0.15, 0.2) is 0 Å². The highest BCUT2D eigenvalue weighted by atomic mass is 31.2. The van der Waals surface area contributed by atoms with Crippen LogP contribution in [0, 0.1) is 0 Å². The van der Waals surface area contributed by atoms with E-state index in [1.54, 1.807) is 0 Å². The first-order valence-electron chi connectivity index (χ1n) is 31.3. The highest BCUT2D eigenvalue weighted by Gasteiger charge is 2.20. The normalized spacial score (nSPS) is 13.3. The molecule has 0 aromatic rings. The van der Waals surface area contributed by atoms with E-state index in [0.29, 0.717) is 24.1 Å². The molecule has 0 heterocycles. The molecule has 0 aliphatic heterocycles. The van der Waals surface area contributed by atoms with Crippen LogP contribution < -0.4 is 4.89 Å². The number of unbranched alkanes of at least 4 members (excludes halogenated alkanes) is 46. The van der Waals surface area contributed by atoms with Crippen molar-refractivity contribution in [1.29, 1.82) is 0 Å².